The monoisotopic (exact) mass is 195 g/mol. The fraction of sp³-hybridized carbons (Fsp3) is 0.545. The average molecular weight is 195 g/mol. The molecule has 0 saturated carbocycles. The highest BCUT2D eigenvalue weighted by atomic mass is 16.4. The van der Waals surface area contributed by atoms with Crippen LogP contribution < -0.4 is 0 Å². The molecular weight excluding hydrogens is 178 g/mol. The Labute approximate surface area is 84.4 Å². The second-order valence-electron chi connectivity index (χ2n) is 3.42. The Morgan fingerprint density at radius 2 is 2.07 bits per heavy atom. The van der Waals surface area contributed by atoms with E-state index >= 15 is 0 Å². The standard InChI is InChI=1S/C11H17NO2/c1-3-5-9-6-7-10(11(13)14)12(9)8-4-2/h6-7H,3-5,8H2,1-2H3,(H,13,14). The number of aryl methyl sites for hydroxylation is 1. The Balaban J connectivity index is 3.00. The summed E-state index contributed by atoms with van der Waals surface area (Å²) in [6.07, 6.45) is 2.96. The minimum Gasteiger partial charge on any atom is -0.477 e. The molecule has 0 saturated heterocycles. The van der Waals surface area contributed by atoms with Gasteiger partial charge in [0.15, 0.2) is 0 Å². The Hall–Kier alpha value is -1.25. The van der Waals surface area contributed by atoms with Crippen LogP contribution in [0, 0.1) is 0 Å². The summed E-state index contributed by atoms with van der Waals surface area (Å²) in [6, 6.07) is 3.62. The smallest absolute Gasteiger partial charge is 0.352 e. The van der Waals surface area contributed by atoms with Crippen molar-refractivity contribution in [2.45, 2.75) is 39.7 Å². The first-order valence-electron chi connectivity index (χ1n) is 5.12. The molecule has 3 nitrogen and oxygen atoms in total. The fourth-order valence-corrected chi connectivity index (χ4v) is 1.66. The largest absolute Gasteiger partial charge is 0.477 e. The van der Waals surface area contributed by atoms with Crippen LogP contribution in [0.4, 0.5) is 0 Å². The summed E-state index contributed by atoms with van der Waals surface area (Å²) >= 11 is 0. The van der Waals surface area contributed by atoms with E-state index in [2.05, 4.69) is 13.8 Å². The van der Waals surface area contributed by atoms with Gasteiger partial charge >= 0.3 is 5.97 Å². The third-order valence-electron chi connectivity index (χ3n) is 2.24. The maximum Gasteiger partial charge on any atom is 0.352 e. The first kappa shape index (κ1) is 10.8. The first-order valence-corrected chi connectivity index (χ1v) is 5.12. The molecular formula is C11H17NO2. The SMILES string of the molecule is CCCc1ccc(C(=O)O)n1CCC. The van der Waals surface area contributed by atoms with E-state index in [1.807, 2.05) is 10.6 Å². The van der Waals surface area contributed by atoms with E-state index in [9.17, 15) is 4.79 Å². The number of hydrogen-bond donors (Lipinski definition) is 1. The molecule has 0 atom stereocenters. The lowest BCUT2D eigenvalue weighted by atomic mass is 10.2. The Morgan fingerprint density at radius 1 is 1.36 bits per heavy atom. The summed E-state index contributed by atoms with van der Waals surface area (Å²) in [6.45, 7) is 4.95. The molecule has 0 aliphatic heterocycles. The molecule has 0 fully saturated rings. The van der Waals surface area contributed by atoms with Crippen molar-refractivity contribution >= 4 is 5.97 Å². The number of carbonyl (C=O) groups is 1. The van der Waals surface area contributed by atoms with Crippen molar-refractivity contribution in [1.29, 1.82) is 0 Å². The highest BCUT2D eigenvalue weighted by molar-refractivity contribution is 5.86. The summed E-state index contributed by atoms with van der Waals surface area (Å²) in [4.78, 5) is 10.9. The van der Waals surface area contributed by atoms with Gasteiger partial charge in [-0.2, -0.15) is 0 Å². The molecule has 3 heteroatoms. The van der Waals surface area contributed by atoms with E-state index in [1.54, 1.807) is 6.07 Å². The van der Waals surface area contributed by atoms with Crippen LogP contribution in [0.2, 0.25) is 0 Å². The van der Waals surface area contributed by atoms with E-state index in [1.165, 1.54) is 0 Å². The van der Waals surface area contributed by atoms with Gasteiger partial charge in [-0.1, -0.05) is 20.3 Å². The highest BCUT2D eigenvalue weighted by Crippen LogP contribution is 2.12. The summed E-state index contributed by atoms with van der Waals surface area (Å²) in [5.74, 6) is -0.833. The van der Waals surface area contributed by atoms with Gasteiger partial charge < -0.3 is 9.67 Å². The normalized spacial score (nSPS) is 10.4. The van der Waals surface area contributed by atoms with Crippen LogP contribution in [0.15, 0.2) is 12.1 Å². The highest BCUT2D eigenvalue weighted by Gasteiger charge is 2.12. The van der Waals surface area contributed by atoms with Gasteiger partial charge in [0.2, 0.25) is 0 Å². The maximum atomic E-state index is 10.9. The van der Waals surface area contributed by atoms with E-state index in [0.29, 0.717) is 5.69 Å². The van der Waals surface area contributed by atoms with Crippen molar-refractivity contribution < 1.29 is 9.90 Å². The molecule has 1 N–H and O–H groups in total. The lowest BCUT2D eigenvalue weighted by Crippen LogP contribution is -2.10. The van der Waals surface area contributed by atoms with E-state index in [4.69, 9.17) is 5.11 Å². The van der Waals surface area contributed by atoms with Crippen molar-refractivity contribution in [2.75, 3.05) is 0 Å². The number of hydrogen-bond acceptors (Lipinski definition) is 1. The molecule has 14 heavy (non-hydrogen) atoms. The Bertz CT molecular complexity index is 315. The molecule has 0 aliphatic carbocycles. The van der Waals surface area contributed by atoms with Crippen LogP contribution in [-0.2, 0) is 13.0 Å². The number of aromatic nitrogens is 1. The minimum atomic E-state index is -0.833. The maximum absolute atomic E-state index is 10.9. The van der Waals surface area contributed by atoms with Crippen molar-refractivity contribution in [3.05, 3.63) is 23.5 Å². The summed E-state index contributed by atoms with van der Waals surface area (Å²) < 4.78 is 1.91. The first-order chi connectivity index (χ1) is 6.70. The van der Waals surface area contributed by atoms with Gasteiger partial charge in [-0.3, -0.25) is 0 Å². The molecule has 1 rings (SSSR count). The molecule has 0 spiro atoms. The number of rotatable bonds is 5. The van der Waals surface area contributed by atoms with Crippen LogP contribution in [0.5, 0.6) is 0 Å². The summed E-state index contributed by atoms with van der Waals surface area (Å²) in [5.41, 5.74) is 1.54. The van der Waals surface area contributed by atoms with Gasteiger partial charge in [-0.15, -0.1) is 0 Å². The third kappa shape index (κ3) is 2.16. The van der Waals surface area contributed by atoms with Crippen LogP contribution in [-0.4, -0.2) is 15.6 Å². The molecule has 1 aromatic heterocycles. The summed E-state index contributed by atoms with van der Waals surface area (Å²) in [5, 5.41) is 8.95. The second kappa shape index (κ2) is 4.84. The van der Waals surface area contributed by atoms with Crippen molar-refractivity contribution in [1.82, 2.24) is 4.57 Å². The molecule has 0 radical (unpaired) electrons. The number of carboxylic acid groups (broad SMARTS) is 1. The van der Waals surface area contributed by atoms with Gasteiger partial charge in [0, 0.05) is 12.2 Å². The van der Waals surface area contributed by atoms with E-state index < -0.39 is 5.97 Å². The quantitative estimate of drug-likeness (QED) is 0.784. The third-order valence-corrected chi connectivity index (χ3v) is 2.24. The predicted molar refractivity (Wildman–Crippen MR) is 55.7 cm³/mol. The number of aromatic carboxylic acids is 1. The average Bonchev–Trinajstić information content (AvgIpc) is 2.50. The number of nitrogens with zero attached hydrogens (tertiary/aromatic N) is 1. The second-order valence-corrected chi connectivity index (χ2v) is 3.42. The summed E-state index contributed by atoms with van der Waals surface area (Å²) in [7, 11) is 0. The Kier molecular flexibility index (Phi) is 3.74. The molecule has 78 valence electrons. The zero-order valence-corrected chi connectivity index (χ0v) is 8.79. The molecule has 0 bridgehead atoms. The van der Waals surface area contributed by atoms with Gasteiger partial charge in [0.1, 0.15) is 5.69 Å². The van der Waals surface area contributed by atoms with Crippen LogP contribution in [0.3, 0.4) is 0 Å². The zero-order chi connectivity index (χ0) is 10.6. The molecule has 0 aromatic carbocycles. The lowest BCUT2D eigenvalue weighted by Gasteiger charge is -2.09. The van der Waals surface area contributed by atoms with E-state index in [-0.39, 0.29) is 0 Å². The Morgan fingerprint density at radius 3 is 2.57 bits per heavy atom. The molecule has 1 aromatic rings. The number of carboxylic acids is 1. The van der Waals surface area contributed by atoms with Crippen molar-refractivity contribution in [3.8, 4) is 0 Å². The van der Waals surface area contributed by atoms with E-state index in [0.717, 1.165) is 31.5 Å². The van der Waals surface area contributed by atoms with Gasteiger partial charge in [-0.25, -0.2) is 4.79 Å². The van der Waals surface area contributed by atoms with Crippen LogP contribution in [0.25, 0.3) is 0 Å². The van der Waals surface area contributed by atoms with Gasteiger partial charge in [0.05, 0.1) is 0 Å². The molecule has 0 amide bonds. The van der Waals surface area contributed by atoms with Crippen molar-refractivity contribution in [2.24, 2.45) is 0 Å². The zero-order valence-electron chi connectivity index (χ0n) is 8.79. The molecule has 0 aliphatic rings. The molecule has 0 unspecified atom stereocenters. The fourth-order valence-electron chi connectivity index (χ4n) is 1.66. The minimum absolute atomic E-state index is 0.412. The van der Waals surface area contributed by atoms with Crippen molar-refractivity contribution in [3.63, 3.8) is 0 Å². The predicted octanol–water partition coefficient (Wildman–Crippen LogP) is 2.55. The van der Waals surface area contributed by atoms with Gasteiger partial charge in [-0.05, 0) is 25.0 Å². The topological polar surface area (TPSA) is 42.2 Å². The lowest BCUT2D eigenvalue weighted by molar-refractivity contribution is 0.0684. The van der Waals surface area contributed by atoms with Crippen LogP contribution in [0.1, 0.15) is 42.9 Å². The van der Waals surface area contributed by atoms with Crippen LogP contribution >= 0.6 is 0 Å². The van der Waals surface area contributed by atoms with Gasteiger partial charge in [0.25, 0.3) is 0 Å². The molecule has 1 heterocycles.